The Balaban J connectivity index is 1.59. The van der Waals surface area contributed by atoms with Gasteiger partial charge in [0.1, 0.15) is 24.4 Å². The lowest BCUT2D eigenvalue weighted by molar-refractivity contribution is -0.307. The van der Waals surface area contributed by atoms with E-state index < -0.39 is 79.6 Å². The molecule has 13 unspecified atom stereocenters. The van der Waals surface area contributed by atoms with E-state index in [2.05, 4.69) is 16.0 Å². The van der Waals surface area contributed by atoms with Gasteiger partial charge in [-0.2, -0.15) is 0 Å². The molecule has 4 rings (SSSR count). The number of ether oxygens (including phenoxy) is 3. The van der Waals surface area contributed by atoms with Crippen LogP contribution in [0, 0.1) is 5.92 Å². The number of nitrogens with one attached hydrogen (secondary N) is 3. The van der Waals surface area contributed by atoms with Gasteiger partial charge in [0.05, 0.1) is 50.2 Å². The lowest BCUT2D eigenvalue weighted by Crippen LogP contribution is -2.71. The lowest BCUT2D eigenvalue weighted by Gasteiger charge is -2.52. The Hall–Kier alpha value is -0.600. The van der Waals surface area contributed by atoms with Crippen molar-refractivity contribution in [3.05, 3.63) is 0 Å². The van der Waals surface area contributed by atoms with Gasteiger partial charge < -0.3 is 78.0 Å². The zero-order chi connectivity index (χ0) is 28.3. The molecular formula is C24H48N6O9. The molecule has 0 amide bonds. The third-order valence-electron chi connectivity index (χ3n) is 8.69. The van der Waals surface area contributed by atoms with Gasteiger partial charge in [0.25, 0.3) is 0 Å². The van der Waals surface area contributed by atoms with Crippen molar-refractivity contribution in [3.8, 4) is 0 Å². The second kappa shape index (κ2) is 14.0. The second-order valence-corrected chi connectivity index (χ2v) is 11.4. The van der Waals surface area contributed by atoms with Crippen LogP contribution in [0.5, 0.6) is 0 Å². The smallest absolute Gasteiger partial charge is 0.186 e. The van der Waals surface area contributed by atoms with Gasteiger partial charge >= 0.3 is 0 Å². The monoisotopic (exact) mass is 564 g/mol. The number of aliphatic hydroxyl groups is 6. The summed E-state index contributed by atoms with van der Waals surface area (Å²) in [5, 5.41) is 71.8. The molecular weight excluding hydrogens is 516 g/mol. The largest absolute Gasteiger partial charge is 0.395 e. The van der Waals surface area contributed by atoms with Crippen molar-refractivity contribution < 1.29 is 44.8 Å². The van der Waals surface area contributed by atoms with E-state index in [0.29, 0.717) is 6.54 Å². The number of hydrogen-bond acceptors (Lipinski definition) is 15. The molecule has 4 fully saturated rings. The molecule has 0 aromatic heterocycles. The van der Waals surface area contributed by atoms with Crippen molar-refractivity contribution in [1.29, 1.82) is 0 Å². The third-order valence-corrected chi connectivity index (χ3v) is 8.69. The second-order valence-electron chi connectivity index (χ2n) is 11.4. The van der Waals surface area contributed by atoms with Gasteiger partial charge in [-0.25, -0.2) is 0 Å². The topological polar surface area (TPSA) is 263 Å². The molecule has 15 N–H and O–H groups in total. The Labute approximate surface area is 228 Å². The fourth-order valence-electron chi connectivity index (χ4n) is 6.25. The summed E-state index contributed by atoms with van der Waals surface area (Å²) in [6.45, 7) is 0.702. The lowest BCUT2D eigenvalue weighted by atomic mass is 9.71. The molecule has 4 aliphatic rings. The van der Waals surface area contributed by atoms with E-state index in [1.165, 1.54) is 0 Å². The van der Waals surface area contributed by atoms with Crippen LogP contribution < -0.4 is 33.2 Å². The van der Waals surface area contributed by atoms with Crippen LogP contribution in [-0.2, 0) is 14.2 Å². The number of aliphatic hydroxyl groups excluding tert-OH is 6. The predicted molar refractivity (Wildman–Crippen MR) is 138 cm³/mol. The SMILES string of the molecule is NCC1CCC(NC2CNC2)C(C2C(N)CC(NC(CO)CO)C(OC3OC(CO)C(O)C(N)C3O)C2O)O1. The molecule has 3 heterocycles. The molecule has 3 aliphatic heterocycles. The molecule has 1 saturated carbocycles. The summed E-state index contributed by atoms with van der Waals surface area (Å²) in [6.07, 6.45) is -6.33. The summed E-state index contributed by atoms with van der Waals surface area (Å²) < 4.78 is 18.2. The highest BCUT2D eigenvalue weighted by Crippen LogP contribution is 2.37. The zero-order valence-electron chi connectivity index (χ0n) is 22.2. The van der Waals surface area contributed by atoms with E-state index in [0.717, 1.165) is 25.9 Å². The molecule has 13 atom stereocenters. The number of hydrogen-bond donors (Lipinski definition) is 12. The van der Waals surface area contributed by atoms with Gasteiger partial charge in [0.15, 0.2) is 6.29 Å². The highest BCUT2D eigenvalue weighted by Gasteiger charge is 2.53. The van der Waals surface area contributed by atoms with E-state index >= 15 is 0 Å². The summed E-state index contributed by atoms with van der Waals surface area (Å²) >= 11 is 0. The van der Waals surface area contributed by atoms with Crippen LogP contribution in [0.1, 0.15) is 19.3 Å². The average molecular weight is 565 g/mol. The van der Waals surface area contributed by atoms with Gasteiger partial charge in [0.2, 0.25) is 0 Å². The highest BCUT2D eigenvalue weighted by molar-refractivity contribution is 5.06. The molecule has 1 aliphatic carbocycles. The fraction of sp³-hybridized carbons (Fsp3) is 1.00. The maximum absolute atomic E-state index is 11.8. The van der Waals surface area contributed by atoms with Gasteiger partial charge in [0, 0.05) is 49.7 Å². The van der Waals surface area contributed by atoms with Gasteiger partial charge in [-0.05, 0) is 19.3 Å². The standard InChI is InChI=1S/C24H48N6O9/c25-4-12-1-2-14(29-10-5-28-6-10)22(37-12)17-13(26)3-15(30-11(7-31)8-32)23(20(17)35)39-24-21(36)18(27)19(34)16(9-33)38-24/h10-24,28-36H,1-9,25-27H2. The summed E-state index contributed by atoms with van der Waals surface area (Å²) in [6, 6.07) is -2.89. The van der Waals surface area contributed by atoms with Crippen LogP contribution in [0.3, 0.4) is 0 Å². The molecule has 15 heteroatoms. The molecule has 228 valence electrons. The van der Waals surface area contributed by atoms with E-state index in [4.69, 9.17) is 31.4 Å². The van der Waals surface area contributed by atoms with E-state index in [1.807, 2.05) is 0 Å². The molecule has 0 radical (unpaired) electrons. The van der Waals surface area contributed by atoms with Gasteiger partial charge in [-0.1, -0.05) is 0 Å². The van der Waals surface area contributed by atoms with E-state index in [-0.39, 0.29) is 37.8 Å². The molecule has 0 bridgehead atoms. The molecule has 39 heavy (non-hydrogen) atoms. The van der Waals surface area contributed by atoms with Crippen molar-refractivity contribution in [3.63, 3.8) is 0 Å². The van der Waals surface area contributed by atoms with Crippen molar-refractivity contribution >= 4 is 0 Å². The Morgan fingerprint density at radius 3 is 2.26 bits per heavy atom. The highest BCUT2D eigenvalue weighted by atomic mass is 16.7. The Kier molecular flexibility index (Phi) is 11.3. The quantitative estimate of drug-likeness (QED) is 0.111. The zero-order valence-corrected chi connectivity index (χ0v) is 22.2. The normalized spacial score (nSPS) is 45.8. The third kappa shape index (κ3) is 6.90. The Morgan fingerprint density at radius 1 is 0.949 bits per heavy atom. The molecule has 3 saturated heterocycles. The van der Waals surface area contributed by atoms with Gasteiger partial charge in [-0.15, -0.1) is 0 Å². The first-order valence-electron chi connectivity index (χ1n) is 14.0. The number of rotatable bonds is 11. The fourth-order valence-corrected chi connectivity index (χ4v) is 6.25. The van der Waals surface area contributed by atoms with Crippen molar-refractivity contribution in [2.75, 3.05) is 39.5 Å². The molecule has 0 aromatic carbocycles. The summed E-state index contributed by atoms with van der Waals surface area (Å²) in [7, 11) is 0. The molecule has 0 spiro atoms. The minimum absolute atomic E-state index is 0.0859. The van der Waals surface area contributed by atoms with Crippen LogP contribution >= 0.6 is 0 Å². The van der Waals surface area contributed by atoms with E-state index in [1.54, 1.807) is 0 Å². The Bertz CT molecular complexity index is 751. The average Bonchev–Trinajstić information content (AvgIpc) is 2.91. The van der Waals surface area contributed by atoms with Crippen LogP contribution in [0.2, 0.25) is 0 Å². The van der Waals surface area contributed by atoms with Crippen LogP contribution in [-0.4, -0.2) is 155 Å². The number of nitrogens with two attached hydrogens (primary N) is 3. The Morgan fingerprint density at radius 2 is 1.67 bits per heavy atom. The minimum Gasteiger partial charge on any atom is -0.395 e. The van der Waals surface area contributed by atoms with Crippen LogP contribution in [0.4, 0.5) is 0 Å². The summed E-state index contributed by atoms with van der Waals surface area (Å²) in [5.74, 6) is -0.594. The first-order chi connectivity index (χ1) is 18.7. The predicted octanol–water partition coefficient (Wildman–Crippen LogP) is -6.41. The van der Waals surface area contributed by atoms with Crippen LogP contribution in [0.15, 0.2) is 0 Å². The summed E-state index contributed by atoms with van der Waals surface area (Å²) in [5.41, 5.74) is 18.6. The first-order valence-corrected chi connectivity index (χ1v) is 14.0. The maximum Gasteiger partial charge on any atom is 0.186 e. The maximum atomic E-state index is 11.8. The molecule has 15 nitrogen and oxygen atoms in total. The summed E-state index contributed by atoms with van der Waals surface area (Å²) in [4.78, 5) is 0. The van der Waals surface area contributed by atoms with Crippen molar-refractivity contribution in [2.24, 2.45) is 23.1 Å². The first kappa shape index (κ1) is 31.3. The van der Waals surface area contributed by atoms with Gasteiger partial charge in [-0.3, -0.25) is 0 Å². The van der Waals surface area contributed by atoms with Crippen LogP contribution in [0.25, 0.3) is 0 Å². The van der Waals surface area contributed by atoms with Crippen molar-refractivity contribution in [1.82, 2.24) is 16.0 Å². The van der Waals surface area contributed by atoms with E-state index in [9.17, 15) is 30.6 Å². The minimum atomic E-state index is -1.45. The molecule has 0 aromatic rings. The van der Waals surface area contributed by atoms with Crippen molar-refractivity contribution in [2.45, 2.75) is 105 Å².